The molecule has 1 aliphatic rings. The van der Waals surface area contributed by atoms with Crippen LogP contribution in [0.4, 0.5) is 5.69 Å². The van der Waals surface area contributed by atoms with Crippen LogP contribution in [0.1, 0.15) is 40.2 Å². The van der Waals surface area contributed by atoms with Crippen molar-refractivity contribution in [2.75, 3.05) is 5.32 Å². The molecule has 3 N–H and O–H groups in total. The van der Waals surface area contributed by atoms with Crippen LogP contribution in [-0.4, -0.2) is 28.9 Å². The Morgan fingerprint density at radius 2 is 1.92 bits per heavy atom. The van der Waals surface area contributed by atoms with Crippen molar-refractivity contribution in [1.82, 2.24) is 5.32 Å². The number of carbonyl (C=O) groups excluding carboxylic acids is 2. The molecule has 0 saturated heterocycles. The van der Waals surface area contributed by atoms with Gasteiger partial charge in [0.2, 0.25) is 0 Å². The first kappa shape index (κ1) is 16.8. The molecule has 1 aliphatic carbocycles. The summed E-state index contributed by atoms with van der Waals surface area (Å²) in [5, 5.41) is 14.5. The molecule has 25 heavy (non-hydrogen) atoms. The van der Waals surface area contributed by atoms with E-state index in [4.69, 9.17) is 9.52 Å². The largest absolute Gasteiger partial charge is 0.481 e. The second-order valence-corrected chi connectivity index (χ2v) is 6.03. The number of amides is 2. The molecular weight excluding hydrogens is 324 g/mol. The summed E-state index contributed by atoms with van der Waals surface area (Å²) in [4.78, 5) is 35.3. The van der Waals surface area contributed by atoms with Crippen molar-refractivity contribution in [2.24, 2.45) is 5.92 Å². The average Bonchev–Trinajstić information content (AvgIpc) is 3.27. The van der Waals surface area contributed by atoms with Crippen LogP contribution >= 0.6 is 0 Å². The van der Waals surface area contributed by atoms with E-state index in [9.17, 15) is 14.4 Å². The van der Waals surface area contributed by atoms with E-state index in [-0.39, 0.29) is 17.7 Å². The average molecular weight is 342 g/mol. The summed E-state index contributed by atoms with van der Waals surface area (Å²) in [5.41, 5.74) is 0.875. The van der Waals surface area contributed by atoms with Gasteiger partial charge in [0, 0.05) is 17.3 Å². The van der Waals surface area contributed by atoms with E-state index in [0.29, 0.717) is 30.5 Å². The Morgan fingerprint density at radius 3 is 2.60 bits per heavy atom. The van der Waals surface area contributed by atoms with Gasteiger partial charge >= 0.3 is 5.97 Å². The summed E-state index contributed by atoms with van der Waals surface area (Å²) >= 11 is 0. The zero-order valence-corrected chi connectivity index (χ0v) is 13.4. The minimum Gasteiger partial charge on any atom is -0.481 e. The lowest BCUT2D eigenvalue weighted by molar-refractivity contribution is -0.141. The van der Waals surface area contributed by atoms with Crippen LogP contribution in [0.25, 0.3) is 0 Å². The van der Waals surface area contributed by atoms with Gasteiger partial charge in [-0.3, -0.25) is 14.4 Å². The highest BCUT2D eigenvalue weighted by molar-refractivity contribution is 6.03. The van der Waals surface area contributed by atoms with Crippen LogP contribution in [0, 0.1) is 5.92 Å². The van der Waals surface area contributed by atoms with Crippen molar-refractivity contribution in [2.45, 2.75) is 25.3 Å². The third kappa shape index (κ3) is 4.06. The van der Waals surface area contributed by atoms with Crippen molar-refractivity contribution in [1.29, 1.82) is 0 Å². The molecule has 2 aromatic rings. The van der Waals surface area contributed by atoms with Crippen molar-refractivity contribution in [3.63, 3.8) is 0 Å². The van der Waals surface area contributed by atoms with E-state index in [0.717, 1.165) is 0 Å². The molecule has 1 aromatic heterocycles. The summed E-state index contributed by atoms with van der Waals surface area (Å²) in [6.07, 6.45) is 3.07. The molecule has 0 spiro atoms. The summed E-state index contributed by atoms with van der Waals surface area (Å²) in [6.45, 7) is 0. The second-order valence-electron chi connectivity index (χ2n) is 6.03. The normalized spacial score (nSPS) is 19.4. The van der Waals surface area contributed by atoms with Crippen LogP contribution < -0.4 is 10.6 Å². The fourth-order valence-corrected chi connectivity index (χ4v) is 2.94. The first-order valence-electron chi connectivity index (χ1n) is 8.01. The van der Waals surface area contributed by atoms with Gasteiger partial charge < -0.3 is 20.2 Å². The zero-order valence-electron chi connectivity index (χ0n) is 13.4. The fraction of sp³-hybridized carbons (Fsp3) is 0.278. The number of carboxylic acids is 1. The predicted molar refractivity (Wildman–Crippen MR) is 89.3 cm³/mol. The molecular formula is C18H18N2O5. The number of benzene rings is 1. The molecule has 0 aliphatic heterocycles. The molecule has 130 valence electrons. The first-order valence-corrected chi connectivity index (χ1v) is 8.01. The van der Waals surface area contributed by atoms with Crippen molar-refractivity contribution in [3.05, 3.63) is 54.0 Å². The lowest BCUT2D eigenvalue weighted by atomic mass is 10.1. The van der Waals surface area contributed by atoms with Crippen LogP contribution in [0.15, 0.2) is 47.1 Å². The van der Waals surface area contributed by atoms with Crippen LogP contribution in [-0.2, 0) is 4.79 Å². The second kappa shape index (κ2) is 7.21. The van der Waals surface area contributed by atoms with Crippen LogP contribution in [0.2, 0.25) is 0 Å². The molecule has 0 unspecified atom stereocenters. The van der Waals surface area contributed by atoms with E-state index in [2.05, 4.69) is 10.6 Å². The van der Waals surface area contributed by atoms with Crippen molar-refractivity contribution < 1.29 is 23.9 Å². The highest BCUT2D eigenvalue weighted by atomic mass is 16.4. The number of aliphatic carboxylic acids is 1. The van der Waals surface area contributed by atoms with Gasteiger partial charge in [-0.15, -0.1) is 0 Å². The number of furan rings is 1. The summed E-state index contributed by atoms with van der Waals surface area (Å²) in [6, 6.07) is 9.57. The zero-order chi connectivity index (χ0) is 17.8. The first-order chi connectivity index (χ1) is 12.0. The Bertz CT molecular complexity index is 785. The number of nitrogens with one attached hydrogen (secondary N) is 2. The van der Waals surface area contributed by atoms with Crippen LogP contribution in [0.5, 0.6) is 0 Å². The topological polar surface area (TPSA) is 109 Å². The van der Waals surface area contributed by atoms with Crippen molar-refractivity contribution in [3.8, 4) is 0 Å². The Kier molecular flexibility index (Phi) is 4.83. The Balaban J connectivity index is 1.62. The van der Waals surface area contributed by atoms with Gasteiger partial charge in [0.25, 0.3) is 11.8 Å². The summed E-state index contributed by atoms with van der Waals surface area (Å²) < 4.78 is 5.02. The number of rotatable bonds is 5. The van der Waals surface area contributed by atoms with Gasteiger partial charge in [-0.25, -0.2) is 0 Å². The number of carbonyl (C=O) groups is 3. The third-order valence-corrected chi connectivity index (χ3v) is 4.24. The highest BCUT2D eigenvalue weighted by Crippen LogP contribution is 2.26. The molecule has 7 heteroatoms. The van der Waals surface area contributed by atoms with Gasteiger partial charge in [0.05, 0.1) is 12.2 Å². The fourth-order valence-electron chi connectivity index (χ4n) is 2.94. The van der Waals surface area contributed by atoms with Gasteiger partial charge in [0.1, 0.15) is 0 Å². The molecule has 1 aromatic carbocycles. The number of hydrogen-bond acceptors (Lipinski definition) is 4. The summed E-state index contributed by atoms with van der Waals surface area (Å²) in [5.74, 6) is -1.73. The molecule has 0 bridgehead atoms. The number of anilines is 1. The van der Waals surface area contributed by atoms with E-state index in [1.165, 1.54) is 6.26 Å². The molecule has 1 heterocycles. The highest BCUT2D eigenvalue weighted by Gasteiger charge is 2.30. The van der Waals surface area contributed by atoms with E-state index >= 15 is 0 Å². The van der Waals surface area contributed by atoms with E-state index in [1.807, 2.05) is 0 Å². The minimum absolute atomic E-state index is 0.144. The van der Waals surface area contributed by atoms with E-state index in [1.54, 1.807) is 36.4 Å². The predicted octanol–water partition coefficient (Wildman–Crippen LogP) is 2.52. The van der Waals surface area contributed by atoms with Gasteiger partial charge in [-0.2, -0.15) is 0 Å². The van der Waals surface area contributed by atoms with Gasteiger partial charge in [-0.1, -0.05) is 6.07 Å². The Morgan fingerprint density at radius 1 is 1.08 bits per heavy atom. The maximum Gasteiger partial charge on any atom is 0.306 e. The molecule has 2 amide bonds. The molecule has 1 fully saturated rings. The monoisotopic (exact) mass is 342 g/mol. The van der Waals surface area contributed by atoms with Crippen LogP contribution in [0.3, 0.4) is 0 Å². The third-order valence-electron chi connectivity index (χ3n) is 4.24. The molecule has 3 rings (SSSR count). The number of hydrogen-bond donors (Lipinski definition) is 3. The number of carboxylic acid groups (broad SMARTS) is 1. The standard InChI is InChI=1S/C18H18N2O5/c21-16(19-14-7-6-12(10-14)18(23)24)11-3-1-4-13(9-11)20-17(22)15-5-2-8-25-15/h1-5,8-9,12,14H,6-7,10H2,(H,19,21)(H,20,22)(H,23,24)/t12-,14+/m0/s1. The molecule has 2 atom stereocenters. The quantitative estimate of drug-likeness (QED) is 0.773. The van der Waals surface area contributed by atoms with Gasteiger partial charge in [0.15, 0.2) is 5.76 Å². The lowest BCUT2D eigenvalue weighted by Crippen LogP contribution is -2.33. The maximum atomic E-state index is 12.4. The maximum absolute atomic E-state index is 12.4. The van der Waals surface area contributed by atoms with Gasteiger partial charge in [-0.05, 0) is 49.6 Å². The Labute approximate surface area is 144 Å². The SMILES string of the molecule is O=C(N[C@@H]1CC[C@H](C(=O)O)C1)c1cccc(NC(=O)c2ccco2)c1. The molecule has 0 radical (unpaired) electrons. The lowest BCUT2D eigenvalue weighted by Gasteiger charge is -2.13. The van der Waals surface area contributed by atoms with Crippen molar-refractivity contribution >= 4 is 23.5 Å². The van der Waals surface area contributed by atoms with E-state index < -0.39 is 17.8 Å². The smallest absolute Gasteiger partial charge is 0.306 e. The molecule has 1 saturated carbocycles. The minimum atomic E-state index is -0.820. The Hall–Kier alpha value is -3.09. The molecule has 7 nitrogen and oxygen atoms in total. The summed E-state index contributed by atoms with van der Waals surface area (Å²) in [7, 11) is 0.